The summed E-state index contributed by atoms with van der Waals surface area (Å²) in [5.41, 5.74) is 1.88. The van der Waals surface area contributed by atoms with E-state index < -0.39 is 9.84 Å². The predicted octanol–water partition coefficient (Wildman–Crippen LogP) is 4.03. The van der Waals surface area contributed by atoms with Crippen LogP contribution in [0.4, 0.5) is 0 Å². The van der Waals surface area contributed by atoms with Crippen molar-refractivity contribution in [1.29, 1.82) is 0 Å². The van der Waals surface area contributed by atoms with Crippen LogP contribution in [0.15, 0.2) is 57.8 Å². The fraction of sp³-hybridized carbons (Fsp3) is 0.364. The summed E-state index contributed by atoms with van der Waals surface area (Å²) in [4.78, 5) is 19.5. The summed E-state index contributed by atoms with van der Waals surface area (Å²) >= 11 is 0. The van der Waals surface area contributed by atoms with E-state index >= 15 is 0 Å². The molecule has 0 bridgehead atoms. The van der Waals surface area contributed by atoms with Crippen LogP contribution in [-0.4, -0.2) is 43.1 Å². The van der Waals surface area contributed by atoms with Gasteiger partial charge in [-0.05, 0) is 43.5 Å². The number of benzene rings is 2. The molecule has 1 amide bonds. The highest BCUT2D eigenvalue weighted by molar-refractivity contribution is 7.91. The topological polar surface area (TPSA) is 80.5 Å². The van der Waals surface area contributed by atoms with Crippen LogP contribution in [0.3, 0.4) is 0 Å². The quantitative estimate of drug-likeness (QED) is 0.632. The molecule has 0 radical (unpaired) electrons. The first-order valence-corrected chi connectivity index (χ1v) is 11.6. The minimum Gasteiger partial charge on any atom is -0.440 e. The lowest BCUT2D eigenvalue weighted by Gasteiger charge is -2.31. The van der Waals surface area contributed by atoms with Crippen molar-refractivity contribution in [2.45, 2.75) is 37.0 Å². The van der Waals surface area contributed by atoms with Crippen LogP contribution in [0.5, 0.6) is 0 Å². The normalized spacial score (nSPS) is 15.7. The average molecular weight is 413 g/mol. The Morgan fingerprint density at radius 1 is 1.10 bits per heavy atom. The fourth-order valence-electron chi connectivity index (χ4n) is 3.86. The van der Waals surface area contributed by atoms with E-state index in [1.807, 2.05) is 31.2 Å². The third-order valence-corrected chi connectivity index (χ3v) is 7.34. The summed E-state index contributed by atoms with van der Waals surface area (Å²) in [6.45, 7) is 2.91. The van der Waals surface area contributed by atoms with E-state index in [4.69, 9.17) is 4.42 Å². The molecule has 2 aromatic carbocycles. The van der Waals surface area contributed by atoms with E-state index in [-0.39, 0.29) is 28.0 Å². The van der Waals surface area contributed by atoms with Crippen molar-refractivity contribution in [3.63, 3.8) is 0 Å². The lowest BCUT2D eigenvalue weighted by atomic mass is 9.96. The number of carbonyl (C=O) groups is 1. The number of oxazole rings is 1. The van der Waals surface area contributed by atoms with Crippen LogP contribution < -0.4 is 0 Å². The second kappa shape index (κ2) is 7.99. The van der Waals surface area contributed by atoms with Crippen LogP contribution in [0, 0.1) is 0 Å². The number of para-hydroxylation sites is 2. The number of carbonyl (C=O) groups excluding carboxylic acids is 1. The zero-order chi connectivity index (χ0) is 20.4. The molecule has 1 aliphatic heterocycles. The maximum Gasteiger partial charge on any atom is 0.255 e. The first kappa shape index (κ1) is 19.6. The molecular formula is C22H24N2O4S. The molecule has 0 spiro atoms. The summed E-state index contributed by atoms with van der Waals surface area (Å²) in [5, 5.41) is 0. The van der Waals surface area contributed by atoms with Crippen molar-refractivity contribution in [1.82, 2.24) is 9.88 Å². The summed E-state index contributed by atoms with van der Waals surface area (Å²) in [7, 11) is -3.47. The second-order valence-electron chi connectivity index (χ2n) is 7.40. The smallest absolute Gasteiger partial charge is 0.255 e. The maximum absolute atomic E-state index is 13.1. The molecule has 0 aliphatic carbocycles. The van der Waals surface area contributed by atoms with Crippen molar-refractivity contribution >= 4 is 26.8 Å². The van der Waals surface area contributed by atoms with E-state index in [2.05, 4.69) is 4.98 Å². The van der Waals surface area contributed by atoms with Gasteiger partial charge in [-0.25, -0.2) is 13.4 Å². The molecule has 0 unspecified atom stereocenters. The van der Waals surface area contributed by atoms with Gasteiger partial charge >= 0.3 is 0 Å². The Balaban J connectivity index is 1.50. The van der Waals surface area contributed by atoms with Crippen molar-refractivity contribution in [2.24, 2.45) is 0 Å². The summed E-state index contributed by atoms with van der Waals surface area (Å²) in [6.07, 6.45) is 1.99. The van der Waals surface area contributed by atoms with Crippen molar-refractivity contribution in [3.8, 4) is 0 Å². The number of aromatic nitrogens is 1. The number of nitrogens with zero attached hydrogens (tertiary/aromatic N) is 2. The Kier molecular flexibility index (Phi) is 5.41. The van der Waals surface area contributed by atoms with Crippen molar-refractivity contribution in [3.05, 3.63) is 60.0 Å². The first-order valence-electron chi connectivity index (χ1n) is 9.96. The van der Waals surface area contributed by atoms with Gasteiger partial charge in [-0.2, -0.15) is 0 Å². The van der Waals surface area contributed by atoms with E-state index in [0.717, 1.165) is 23.9 Å². The predicted molar refractivity (Wildman–Crippen MR) is 111 cm³/mol. The van der Waals surface area contributed by atoms with Gasteiger partial charge in [-0.3, -0.25) is 4.79 Å². The number of hydrogen-bond donors (Lipinski definition) is 0. The third kappa shape index (κ3) is 3.92. The molecule has 1 fully saturated rings. The van der Waals surface area contributed by atoms with Crippen LogP contribution in [0.2, 0.25) is 0 Å². The highest BCUT2D eigenvalue weighted by atomic mass is 32.2. The Morgan fingerprint density at radius 2 is 1.79 bits per heavy atom. The van der Waals surface area contributed by atoms with E-state index in [0.29, 0.717) is 25.4 Å². The minimum absolute atomic E-state index is 0.0388. The Hall–Kier alpha value is -2.67. The van der Waals surface area contributed by atoms with Gasteiger partial charge < -0.3 is 9.32 Å². The van der Waals surface area contributed by atoms with Crippen molar-refractivity contribution in [2.75, 3.05) is 18.8 Å². The molecule has 29 heavy (non-hydrogen) atoms. The molecule has 2 heterocycles. The van der Waals surface area contributed by atoms with Gasteiger partial charge in [-0.15, -0.1) is 0 Å². The lowest BCUT2D eigenvalue weighted by Crippen LogP contribution is -2.38. The lowest BCUT2D eigenvalue weighted by molar-refractivity contribution is 0.0703. The molecule has 0 atom stereocenters. The van der Waals surface area contributed by atoms with Crippen LogP contribution in [0.25, 0.3) is 11.1 Å². The monoisotopic (exact) mass is 412 g/mol. The van der Waals surface area contributed by atoms with Gasteiger partial charge in [0.15, 0.2) is 21.3 Å². The number of amides is 1. The summed E-state index contributed by atoms with van der Waals surface area (Å²) in [6, 6.07) is 14.2. The van der Waals surface area contributed by atoms with E-state index in [9.17, 15) is 13.2 Å². The zero-order valence-electron chi connectivity index (χ0n) is 16.4. The van der Waals surface area contributed by atoms with Gasteiger partial charge in [-0.1, -0.05) is 31.2 Å². The second-order valence-corrected chi connectivity index (χ2v) is 9.48. The summed E-state index contributed by atoms with van der Waals surface area (Å²) in [5.74, 6) is 0.683. The van der Waals surface area contributed by atoms with E-state index in [1.165, 1.54) is 6.07 Å². The molecule has 152 valence electrons. The summed E-state index contributed by atoms with van der Waals surface area (Å²) < 4.78 is 31.0. The van der Waals surface area contributed by atoms with Crippen LogP contribution in [-0.2, 0) is 9.84 Å². The Bertz CT molecular complexity index is 1100. The maximum atomic E-state index is 13.1. The standard InChI is InChI=1S/C22H24N2O4S/c1-2-15-29(26,27)20-10-6-3-7-17(20)22(25)24-13-11-16(12-14-24)21-23-18-8-4-5-9-19(18)28-21/h3-10,16H,2,11-15H2,1H3. The SMILES string of the molecule is CCCS(=O)(=O)c1ccccc1C(=O)N1CCC(c2nc3ccccc3o2)CC1. The molecule has 0 N–H and O–H groups in total. The van der Waals surface area contributed by atoms with Gasteiger partial charge in [0.05, 0.1) is 16.2 Å². The molecular weight excluding hydrogens is 388 g/mol. The zero-order valence-corrected chi connectivity index (χ0v) is 17.2. The molecule has 1 saturated heterocycles. The van der Waals surface area contributed by atoms with Gasteiger partial charge in [0, 0.05) is 19.0 Å². The van der Waals surface area contributed by atoms with Gasteiger partial charge in [0.25, 0.3) is 5.91 Å². The van der Waals surface area contributed by atoms with Crippen LogP contribution >= 0.6 is 0 Å². The Labute approximate surface area is 170 Å². The van der Waals surface area contributed by atoms with E-state index in [1.54, 1.807) is 23.1 Å². The Morgan fingerprint density at radius 3 is 2.52 bits per heavy atom. The largest absolute Gasteiger partial charge is 0.440 e. The number of fused-ring (bicyclic) bond motifs is 1. The average Bonchev–Trinajstić information content (AvgIpc) is 3.18. The van der Waals surface area contributed by atoms with Crippen molar-refractivity contribution < 1.29 is 17.6 Å². The minimum atomic E-state index is -3.47. The number of hydrogen-bond acceptors (Lipinski definition) is 5. The van der Waals surface area contributed by atoms with Gasteiger partial charge in [0.1, 0.15) is 5.52 Å². The van der Waals surface area contributed by atoms with Gasteiger partial charge in [0.2, 0.25) is 0 Å². The molecule has 1 aliphatic rings. The van der Waals surface area contributed by atoms with Crippen LogP contribution in [0.1, 0.15) is 48.4 Å². The third-order valence-electron chi connectivity index (χ3n) is 5.37. The molecule has 3 aromatic rings. The number of likely N-dealkylation sites (tertiary alicyclic amines) is 1. The number of sulfone groups is 1. The molecule has 7 heteroatoms. The first-order chi connectivity index (χ1) is 14.0. The molecule has 0 saturated carbocycles. The molecule has 6 nitrogen and oxygen atoms in total. The fourth-order valence-corrected chi connectivity index (χ4v) is 5.39. The highest BCUT2D eigenvalue weighted by Crippen LogP contribution is 2.31. The molecule has 4 rings (SSSR count). The molecule has 1 aromatic heterocycles. The number of piperidine rings is 1. The highest BCUT2D eigenvalue weighted by Gasteiger charge is 2.30. The number of rotatable bonds is 5.